The van der Waals surface area contributed by atoms with Crippen LogP contribution in [0.15, 0.2) is 174 Å². The highest BCUT2D eigenvalue weighted by molar-refractivity contribution is 5.92. The Balaban J connectivity index is 1.12. The Morgan fingerprint density at radius 2 is 0.980 bits per heavy atom. The van der Waals surface area contributed by atoms with E-state index in [0.29, 0.717) is 11.8 Å². The first-order valence-corrected chi connectivity index (χ1v) is 17.8. The van der Waals surface area contributed by atoms with Gasteiger partial charge in [-0.2, -0.15) is 0 Å². The van der Waals surface area contributed by atoms with E-state index in [2.05, 4.69) is 196 Å². The second-order valence-electron chi connectivity index (χ2n) is 13.2. The van der Waals surface area contributed by atoms with Crippen LogP contribution >= 0.6 is 0 Å². The van der Waals surface area contributed by atoms with Crippen LogP contribution in [0.2, 0.25) is 0 Å². The van der Waals surface area contributed by atoms with Crippen molar-refractivity contribution in [3.05, 3.63) is 181 Å². The van der Waals surface area contributed by atoms with Crippen LogP contribution in [0.5, 0.6) is 0 Å². The molecule has 0 amide bonds. The molecule has 1 atom stereocenters. The summed E-state index contributed by atoms with van der Waals surface area (Å²) in [6, 6.07) is 60.3. The lowest BCUT2D eigenvalue weighted by molar-refractivity contribution is 0.617. The Kier molecular flexibility index (Phi) is 8.78. The third-order valence-electron chi connectivity index (χ3n) is 9.93. The van der Waals surface area contributed by atoms with E-state index in [0.717, 1.165) is 51.3 Å². The van der Waals surface area contributed by atoms with Crippen LogP contribution in [0.1, 0.15) is 37.3 Å². The molecule has 8 aromatic rings. The van der Waals surface area contributed by atoms with Gasteiger partial charge in [-0.25, -0.2) is 4.98 Å². The average molecular weight is 661 g/mol. The number of nitrogens with zero attached hydrogens (tertiary/aromatic N) is 2. The summed E-state index contributed by atoms with van der Waals surface area (Å²) in [6.07, 6.45) is 1.09. The summed E-state index contributed by atoms with van der Waals surface area (Å²) in [6.45, 7) is 6.60. The molecule has 1 heterocycles. The third kappa shape index (κ3) is 6.35. The molecule has 0 saturated carbocycles. The highest BCUT2D eigenvalue weighted by Crippen LogP contribution is 2.41. The van der Waals surface area contributed by atoms with E-state index in [-0.39, 0.29) is 0 Å². The van der Waals surface area contributed by atoms with Gasteiger partial charge in [-0.1, -0.05) is 129 Å². The monoisotopic (exact) mass is 660 g/mol. The molecule has 8 rings (SSSR count). The first-order valence-electron chi connectivity index (χ1n) is 17.8. The van der Waals surface area contributed by atoms with E-state index >= 15 is 0 Å². The van der Waals surface area contributed by atoms with Gasteiger partial charge >= 0.3 is 0 Å². The molecule has 0 bridgehead atoms. The van der Waals surface area contributed by atoms with Gasteiger partial charge in [0.25, 0.3) is 0 Å². The number of rotatable bonds is 9. The summed E-state index contributed by atoms with van der Waals surface area (Å²) in [4.78, 5) is 7.21. The van der Waals surface area contributed by atoms with E-state index in [1.54, 1.807) is 0 Å². The fourth-order valence-corrected chi connectivity index (χ4v) is 6.99. The fourth-order valence-electron chi connectivity index (χ4n) is 6.99. The van der Waals surface area contributed by atoms with Gasteiger partial charge < -0.3 is 9.32 Å². The molecule has 7 aromatic carbocycles. The number of fused-ring (bicyclic) bond motifs is 1. The Labute approximate surface area is 300 Å². The number of benzene rings is 7. The van der Waals surface area contributed by atoms with Crippen molar-refractivity contribution in [2.45, 2.75) is 33.1 Å². The first kappa shape index (κ1) is 32.0. The molecule has 3 nitrogen and oxygen atoms in total. The van der Waals surface area contributed by atoms with Gasteiger partial charge in [0.1, 0.15) is 5.52 Å². The van der Waals surface area contributed by atoms with E-state index < -0.39 is 0 Å². The van der Waals surface area contributed by atoms with Gasteiger partial charge in [0, 0.05) is 22.6 Å². The number of para-hydroxylation sites is 2. The predicted molar refractivity (Wildman–Crippen MR) is 214 cm³/mol. The Morgan fingerprint density at radius 1 is 0.529 bits per heavy atom. The second kappa shape index (κ2) is 14.0. The Morgan fingerprint density at radius 3 is 1.51 bits per heavy atom. The van der Waals surface area contributed by atoms with Gasteiger partial charge in [-0.3, -0.25) is 0 Å². The van der Waals surface area contributed by atoms with Crippen LogP contribution in [-0.4, -0.2) is 4.98 Å². The number of aryl methyl sites for hydroxylation is 1. The summed E-state index contributed by atoms with van der Waals surface area (Å²) in [5.41, 5.74) is 15.6. The van der Waals surface area contributed by atoms with Crippen LogP contribution < -0.4 is 4.90 Å². The van der Waals surface area contributed by atoms with Crippen LogP contribution in [0, 0.1) is 6.92 Å². The largest absolute Gasteiger partial charge is 0.436 e. The Hall–Kier alpha value is -6.19. The number of anilines is 3. The zero-order valence-corrected chi connectivity index (χ0v) is 29.3. The van der Waals surface area contributed by atoms with Crippen molar-refractivity contribution in [2.24, 2.45) is 0 Å². The molecule has 248 valence electrons. The zero-order chi connectivity index (χ0) is 34.7. The minimum Gasteiger partial charge on any atom is -0.436 e. The predicted octanol–water partition coefficient (Wildman–Crippen LogP) is 13.8. The molecular formula is C48H40N2O. The maximum atomic E-state index is 6.32. The standard InChI is InChI=1S/C48H40N2O/c1-4-33(2)38-31-34(3)47-46(32-38)49-48(51-47)37-25-23-35(24-26-37)42-19-11-13-21-44(42)45-22-14-12-20-43(45)36-27-29-41(30-28-36)50(39-15-7-5-8-16-39)40-17-9-6-10-18-40/h5-33H,4H2,1-3H3. The van der Waals surface area contributed by atoms with Crippen molar-refractivity contribution in [1.82, 2.24) is 4.98 Å². The van der Waals surface area contributed by atoms with Gasteiger partial charge in [0.2, 0.25) is 5.89 Å². The van der Waals surface area contributed by atoms with Gasteiger partial charge in [0.15, 0.2) is 5.58 Å². The molecule has 0 aliphatic rings. The average Bonchev–Trinajstić information content (AvgIpc) is 3.64. The highest BCUT2D eigenvalue weighted by Gasteiger charge is 2.17. The molecule has 0 radical (unpaired) electrons. The van der Waals surface area contributed by atoms with Crippen molar-refractivity contribution < 1.29 is 4.42 Å². The molecule has 1 unspecified atom stereocenters. The highest BCUT2D eigenvalue weighted by atomic mass is 16.3. The lowest BCUT2D eigenvalue weighted by Gasteiger charge is -2.25. The molecule has 0 fully saturated rings. The minimum absolute atomic E-state index is 0.488. The third-order valence-corrected chi connectivity index (χ3v) is 9.93. The molecule has 0 aliphatic carbocycles. The Bertz CT molecular complexity index is 2370. The smallest absolute Gasteiger partial charge is 0.227 e. The number of hydrogen-bond acceptors (Lipinski definition) is 3. The number of oxazole rings is 1. The lowest BCUT2D eigenvalue weighted by Crippen LogP contribution is -2.09. The van der Waals surface area contributed by atoms with E-state index in [1.807, 2.05) is 0 Å². The number of aromatic nitrogens is 1. The maximum absolute atomic E-state index is 6.32. The minimum atomic E-state index is 0.488. The summed E-state index contributed by atoms with van der Waals surface area (Å²) < 4.78 is 6.32. The van der Waals surface area contributed by atoms with Crippen LogP contribution in [0.25, 0.3) is 55.9 Å². The first-order chi connectivity index (χ1) is 25.1. The van der Waals surface area contributed by atoms with Gasteiger partial charge in [-0.15, -0.1) is 0 Å². The molecule has 0 N–H and O–H groups in total. The summed E-state index contributed by atoms with van der Waals surface area (Å²) in [5, 5.41) is 0. The number of hydrogen-bond donors (Lipinski definition) is 0. The molecule has 1 aromatic heterocycles. The van der Waals surface area contributed by atoms with E-state index in [4.69, 9.17) is 9.40 Å². The van der Waals surface area contributed by atoms with Crippen molar-refractivity contribution in [3.63, 3.8) is 0 Å². The topological polar surface area (TPSA) is 29.3 Å². The normalized spacial score (nSPS) is 11.8. The zero-order valence-electron chi connectivity index (χ0n) is 29.3. The van der Waals surface area contributed by atoms with Crippen molar-refractivity contribution in [3.8, 4) is 44.8 Å². The van der Waals surface area contributed by atoms with Crippen molar-refractivity contribution in [2.75, 3.05) is 4.90 Å². The SMILES string of the molecule is CCC(C)c1cc(C)c2oc(-c3ccc(-c4ccccc4-c4ccccc4-c4ccc(N(c5ccccc5)c5ccccc5)cc4)cc3)nc2c1. The van der Waals surface area contributed by atoms with E-state index in [9.17, 15) is 0 Å². The molecule has 0 saturated heterocycles. The molecule has 0 spiro atoms. The molecular weight excluding hydrogens is 621 g/mol. The maximum Gasteiger partial charge on any atom is 0.227 e. The molecule has 51 heavy (non-hydrogen) atoms. The van der Waals surface area contributed by atoms with Gasteiger partial charge in [0.05, 0.1) is 0 Å². The van der Waals surface area contributed by atoms with Crippen LogP contribution in [0.3, 0.4) is 0 Å². The van der Waals surface area contributed by atoms with Crippen molar-refractivity contribution in [1.29, 1.82) is 0 Å². The van der Waals surface area contributed by atoms with Gasteiger partial charge in [-0.05, 0) is 118 Å². The summed E-state index contributed by atoms with van der Waals surface area (Å²) in [7, 11) is 0. The van der Waals surface area contributed by atoms with Crippen LogP contribution in [-0.2, 0) is 0 Å². The quantitative estimate of drug-likeness (QED) is 0.154. The van der Waals surface area contributed by atoms with Crippen LogP contribution in [0.4, 0.5) is 17.1 Å². The molecule has 0 aliphatic heterocycles. The lowest BCUT2D eigenvalue weighted by atomic mass is 9.89. The fraction of sp³-hybridized carbons (Fsp3) is 0.104. The van der Waals surface area contributed by atoms with Crippen molar-refractivity contribution >= 4 is 28.2 Å². The van der Waals surface area contributed by atoms with E-state index in [1.165, 1.54) is 33.4 Å². The summed E-state index contributed by atoms with van der Waals surface area (Å²) in [5.74, 6) is 1.14. The molecule has 3 heteroatoms. The summed E-state index contributed by atoms with van der Waals surface area (Å²) >= 11 is 0. The second-order valence-corrected chi connectivity index (χ2v) is 13.2.